The van der Waals surface area contributed by atoms with Crippen molar-refractivity contribution in [3.05, 3.63) is 52.5 Å². The first-order chi connectivity index (χ1) is 17.0. The number of nitrogens with one attached hydrogen (secondary N) is 1. The lowest BCUT2D eigenvalue weighted by molar-refractivity contribution is 0.0611. The first kappa shape index (κ1) is 24.3. The van der Waals surface area contributed by atoms with Gasteiger partial charge < -0.3 is 15.6 Å². The zero-order valence-electron chi connectivity index (χ0n) is 20.0. The van der Waals surface area contributed by atoms with Crippen LogP contribution in [0.3, 0.4) is 0 Å². The molecule has 0 aromatic carbocycles. The standard InChI is InChI=1S/C25H32Cl2N8/c1-2-19-16-34(25-21(26)13-18(14-31-25)24-29-7-8-30-24)11-12-35(19)20-5-9-33(10-6-20)15-17-3-4-22(27)32-23(17)28/h3-4,7-8,13-14,19-20H,2,5-6,9-12,15-16H2,1H3,(H2,28,32)(H,29,30)/t19-/m0/s1. The molecule has 186 valence electrons. The molecule has 3 N–H and O–H groups in total. The number of nitrogen functional groups attached to an aromatic ring is 1. The van der Waals surface area contributed by atoms with Crippen molar-refractivity contribution in [1.29, 1.82) is 0 Å². The maximum Gasteiger partial charge on any atom is 0.147 e. The molecule has 8 nitrogen and oxygen atoms in total. The number of rotatable bonds is 6. The van der Waals surface area contributed by atoms with Crippen LogP contribution in [-0.2, 0) is 6.54 Å². The number of piperazine rings is 1. The van der Waals surface area contributed by atoms with Gasteiger partial charge in [0.25, 0.3) is 0 Å². The van der Waals surface area contributed by atoms with Crippen LogP contribution in [0.15, 0.2) is 36.8 Å². The maximum absolute atomic E-state index is 6.67. The van der Waals surface area contributed by atoms with Crippen LogP contribution in [0.4, 0.5) is 11.6 Å². The third-order valence-electron chi connectivity index (χ3n) is 7.29. The van der Waals surface area contributed by atoms with Crippen LogP contribution in [0.5, 0.6) is 0 Å². The fraction of sp³-hybridized carbons (Fsp3) is 0.480. The number of anilines is 2. The minimum absolute atomic E-state index is 0.444. The molecule has 10 heteroatoms. The van der Waals surface area contributed by atoms with Crippen LogP contribution < -0.4 is 10.6 Å². The highest BCUT2D eigenvalue weighted by molar-refractivity contribution is 6.33. The van der Waals surface area contributed by atoms with E-state index in [1.165, 1.54) is 0 Å². The average Bonchev–Trinajstić information content (AvgIpc) is 3.41. The number of aromatic nitrogens is 4. The average molecular weight is 515 g/mol. The fourth-order valence-electron chi connectivity index (χ4n) is 5.38. The third-order valence-corrected chi connectivity index (χ3v) is 7.78. The number of aromatic amines is 1. The Morgan fingerprint density at radius 1 is 1.11 bits per heavy atom. The molecular formula is C25H32Cl2N8. The second-order valence-electron chi connectivity index (χ2n) is 9.40. The largest absolute Gasteiger partial charge is 0.383 e. The fourth-order valence-corrected chi connectivity index (χ4v) is 5.82. The lowest BCUT2D eigenvalue weighted by atomic mass is 9.98. The van der Waals surface area contributed by atoms with E-state index in [1.807, 2.05) is 24.4 Å². The van der Waals surface area contributed by atoms with Crippen LogP contribution in [0.2, 0.25) is 10.2 Å². The number of hydrogen-bond donors (Lipinski definition) is 2. The molecule has 3 aromatic rings. The Morgan fingerprint density at radius 3 is 2.63 bits per heavy atom. The number of nitrogens with zero attached hydrogens (tertiary/aromatic N) is 6. The summed E-state index contributed by atoms with van der Waals surface area (Å²) in [6.45, 7) is 8.12. The maximum atomic E-state index is 6.67. The SMILES string of the molecule is CC[C@H]1CN(c2ncc(-c3ncc[nH]3)cc2Cl)CCN1C1CCN(Cc2ccc(Cl)nc2N)CC1. The van der Waals surface area contributed by atoms with Gasteiger partial charge in [0.15, 0.2) is 0 Å². The topological polar surface area (TPSA) is 90.2 Å². The molecule has 0 aliphatic carbocycles. The van der Waals surface area contributed by atoms with Gasteiger partial charge in [-0.1, -0.05) is 36.2 Å². The van der Waals surface area contributed by atoms with Crippen LogP contribution in [0, 0.1) is 0 Å². The van der Waals surface area contributed by atoms with E-state index in [4.69, 9.17) is 33.9 Å². The molecule has 0 amide bonds. The highest BCUT2D eigenvalue weighted by Crippen LogP contribution is 2.31. The summed E-state index contributed by atoms with van der Waals surface area (Å²) in [6.07, 6.45) is 8.81. The number of pyridine rings is 2. The van der Waals surface area contributed by atoms with Gasteiger partial charge in [0.2, 0.25) is 0 Å². The van der Waals surface area contributed by atoms with Crippen molar-refractivity contribution in [3.8, 4) is 11.4 Å². The second-order valence-corrected chi connectivity index (χ2v) is 10.2. The predicted molar refractivity (Wildman–Crippen MR) is 142 cm³/mol. The molecule has 0 bridgehead atoms. The van der Waals surface area contributed by atoms with Crippen molar-refractivity contribution in [2.24, 2.45) is 0 Å². The monoisotopic (exact) mass is 514 g/mol. The van der Waals surface area contributed by atoms with E-state index in [9.17, 15) is 0 Å². The van der Waals surface area contributed by atoms with E-state index in [0.29, 0.717) is 28.1 Å². The summed E-state index contributed by atoms with van der Waals surface area (Å²) in [7, 11) is 0. The molecule has 3 aromatic heterocycles. The molecule has 2 aliphatic rings. The molecule has 5 rings (SSSR count). The first-order valence-electron chi connectivity index (χ1n) is 12.3. The smallest absolute Gasteiger partial charge is 0.147 e. The lowest BCUT2D eigenvalue weighted by Gasteiger charge is -2.47. The van der Waals surface area contributed by atoms with Crippen LogP contribution in [0.25, 0.3) is 11.4 Å². The highest BCUT2D eigenvalue weighted by Gasteiger charge is 2.34. The molecule has 2 saturated heterocycles. The van der Waals surface area contributed by atoms with Gasteiger partial charge in [-0.15, -0.1) is 0 Å². The highest BCUT2D eigenvalue weighted by atomic mass is 35.5. The molecular weight excluding hydrogens is 483 g/mol. The first-order valence-corrected chi connectivity index (χ1v) is 13.1. The zero-order valence-corrected chi connectivity index (χ0v) is 21.5. The molecule has 2 aliphatic heterocycles. The summed E-state index contributed by atoms with van der Waals surface area (Å²) in [6, 6.07) is 6.85. The number of halogens is 2. The lowest BCUT2D eigenvalue weighted by Crippen LogP contribution is -2.58. The van der Waals surface area contributed by atoms with Gasteiger partial charge in [0, 0.05) is 68.0 Å². The normalized spacial score (nSPS) is 20.4. The number of hydrogen-bond acceptors (Lipinski definition) is 7. The molecule has 1 atom stereocenters. The van der Waals surface area contributed by atoms with E-state index in [1.54, 1.807) is 12.4 Å². The van der Waals surface area contributed by atoms with E-state index >= 15 is 0 Å². The molecule has 0 unspecified atom stereocenters. The summed E-state index contributed by atoms with van der Waals surface area (Å²) >= 11 is 12.6. The number of imidazole rings is 1. The van der Waals surface area contributed by atoms with Gasteiger partial charge in [-0.05, 0) is 44.5 Å². The number of piperidine rings is 1. The summed E-state index contributed by atoms with van der Waals surface area (Å²) in [5, 5.41) is 1.12. The molecule has 0 radical (unpaired) electrons. The Hall–Kier alpha value is -2.39. The Balaban J connectivity index is 1.19. The number of H-pyrrole nitrogens is 1. The zero-order chi connectivity index (χ0) is 24.4. The summed E-state index contributed by atoms with van der Waals surface area (Å²) < 4.78 is 0. The molecule has 35 heavy (non-hydrogen) atoms. The van der Waals surface area contributed by atoms with E-state index in [2.05, 4.69) is 36.6 Å². The van der Waals surface area contributed by atoms with Crippen molar-refractivity contribution in [2.45, 2.75) is 44.8 Å². The van der Waals surface area contributed by atoms with Crippen LogP contribution >= 0.6 is 23.2 Å². The van der Waals surface area contributed by atoms with Gasteiger partial charge in [-0.3, -0.25) is 9.80 Å². The van der Waals surface area contributed by atoms with Crippen molar-refractivity contribution >= 4 is 34.8 Å². The molecule has 0 spiro atoms. The van der Waals surface area contributed by atoms with E-state index in [0.717, 1.165) is 81.3 Å². The van der Waals surface area contributed by atoms with Gasteiger partial charge >= 0.3 is 0 Å². The van der Waals surface area contributed by atoms with E-state index < -0.39 is 0 Å². The van der Waals surface area contributed by atoms with E-state index in [-0.39, 0.29) is 0 Å². The Morgan fingerprint density at radius 2 is 1.94 bits per heavy atom. The third kappa shape index (κ3) is 5.40. The minimum atomic E-state index is 0.444. The van der Waals surface area contributed by atoms with Gasteiger partial charge in [0.05, 0.1) is 5.02 Å². The van der Waals surface area contributed by atoms with Gasteiger partial charge in [0.1, 0.15) is 22.6 Å². The minimum Gasteiger partial charge on any atom is -0.383 e. The van der Waals surface area contributed by atoms with Crippen LogP contribution in [0.1, 0.15) is 31.7 Å². The predicted octanol–water partition coefficient (Wildman–Crippen LogP) is 4.32. The summed E-state index contributed by atoms with van der Waals surface area (Å²) in [4.78, 5) is 23.8. The van der Waals surface area contributed by atoms with Crippen molar-refractivity contribution in [1.82, 2.24) is 29.7 Å². The van der Waals surface area contributed by atoms with Crippen LogP contribution in [-0.4, -0.2) is 74.5 Å². The number of likely N-dealkylation sites (tertiary alicyclic amines) is 1. The molecule has 5 heterocycles. The molecule has 0 saturated carbocycles. The quantitative estimate of drug-likeness (QED) is 0.473. The Bertz CT molecular complexity index is 1130. The van der Waals surface area contributed by atoms with Crippen molar-refractivity contribution < 1.29 is 0 Å². The van der Waals surface area contributed by atoms with Crippen molar-refractivity contribution in [3.63, 3.8) is 0 Å². The van der Waals surface area contributed by atoms with Crippen molar-refractivity contribution in [2.75, 3.05) is 43.4 Å². The van der Waals surface area contributed by atoms with Gasteiger partial charge in [-0.2, -0.15) is 0 Å². The Labute approximate surface area is 216 Å². The Kier molecular flexibility index (Phi) is 7.43. The second kappa shape index (κ2) is 10.7. The summed E-state index contributed by atoms with van der Waals surface area (Å²) in [5.41, 5.74) is 8.02. The summed E-state index contributed by atoms with van der Waals surface area (Å²) in [5.74, 6) is 2.18. The van der Waals surface area contributed by atoms with Gasteiger partial charge in [-0.25, -0.2) is 15.0 Å². The molecule has 2 fully saturated rings. The number of nitrogens with two attached hydrogens (primary N) is 1.